The van der Waals surface area contributed by atoms with Crippen molar-refractivity contribution in [2.24, 2.45) is 0 Å². The van der Waals surface area contributed by atoms with Crippen LogP contribution in [0.2, 0.25) is 5.02 Å². The number of hydrogen-bond donors (Lipinski definition) is 2. The summed E-state index contributed by atoms with van der Waals surface area (Å²) < 4.78 is 1.62. The van der Waals surface area contributed by atoms with Crippen LogP contribution < -0.4 is 10.9 Å². The topological polar surface area (TPSA) is 80.0 Å². The molecule has 1 aromatic carbocycles. The molecule has 23 heavy (non-hydrogen) atoms. The Morgan fingerprint density at radius 3 is 2.74 bits per heavy atom. The molecule has 0 saturated carbocycles. The zero-order valence-corrected chi connectivity index (χ0v) is 13.4. The molecule has 118 valence electrons. The maximum absolute atomic E-state index is 12.1. The number of rotatable bonds is 3. The molecule has 0 radical (unpaired) electrons. The molecule has 3 rings (SSSR count). The van der Waals surface area contributed by atoms with E-state index in [1.807, 2.05) is 13.8 Å². The lowest BCUT2D eigenvalue weighted by atomic mass is 10.3. The van der Waals surface area contributed by atoms with Crippen LogP contribution in [0.5, 0.6) is 5.75 Å². The number of pyridine rings is 1. The van der Waals surface area contributed by atoms with Gasteiger partial charge in [-0.2, -0.15) is 4.98 Å². The molecule has 2 aromatic heterocycles. The molecule has 0 aliphatic heterocycles. The van der Waals surface area contributed by atoms with Crippen LogP contribution in [-0.4, -0.2) is 19.6 Å². The van der Waals surface area contributed by atoms with Crippen molar-refractivity contribution in [2.45, 2.75) is 19.9 Å². The van der Waals surface area contributed by atoms with Crippen molar-refractivity contribution in [2.75, 3.05) is 5.32 Å². The molecule has 0 amide bonds. The van der Waals surface area contributed by atoms with Crippen molar-refractivity contribution in [3.8, 4) is 5.75 Å². The first kappa shape index (κ1) is 15.3. The number of nitrogens with one attached hydrogen (secondary N) is 1. The van der Waals surface area contributed by atoms with E-state index >= 15 is 0 Å². The van der Waals surface area contributed by atoms with Crippen LogP contribution in [0.25, 0.3) is 11.0 Å². The average molecular weight is 331 g/mol. The minimum atomic E-state index is -0.107. The second-order valence-corrected chi connectivity index (χ2v) is 5.81. The Morgan fingerprint density at radius 1 is 1.26 bits per heavy atom. The molecule has 2 N–H and O–H groups in total. The predicted molar refractivity (Wildman–Crippen MR) is 90.6 cm³/mol. The van der Waals surface area contributed by atoms with Gasteiger partial charge in [0.15, 0.2) is 0 Å². The molecule has 0 atom stereocenters. The number of aromatic hydroxyl groups is 1. The Bertz CT molecular complexity index is 937. The van der Waals surface area contributed by atoms with Crippen LogP contribution in [0.3, 0.4) is 0 Å². The van der Waals surface area contributed by atoms with Gasteiger partial charge in [0.2, 0.25) is 5.95 Å². The van der Waals surface area contributed by atoms with Crippen LogP contribution in [0.1, 0.15) is 19.9 Å². The summed E-state index contributed by atoms with van der Waals surface area (Å²) in [5.41, 5.74) is 1.10. The molecule has 0 aliphatic carbocycles. The molecule has 3 aromatic rings. The summed E-state index contributed by atoms with van der Waals surface area (Å²) in [6.45, 7) is 3.85. The van der Waals surface area contributed by atoms with Crippen LogP contribution in [0, 0.1) is 0 Å². The first-order valence-corrected chi connectivity index (χ1v) is 7.47. The standard InChI is InChI=1S/C16H15ClN4O2/c1-9(2)21-14(23)6-3-10-8-18-16(20-15(10)21)19-11-4-5-13(22)12(17)7-11/h3-9,22H,1-2H3,(H,18,19,20). The van der Waals surface area contributed by atoms with E-state index in [1.54, 1.807) is 29.0 Å². The summed E-state index contributed by atoms with van der Waals surface area (Å²) >= 11 is 5.89. The van der Waals surface area contributed by atoms with Gasteiger partial charge in [0, 0.05) is 29.4 Å². The highest BCUT2D eigenvalue weighted by Gasteiger charge is 2.10. The summed E-state index contributed by atoms with van der Waals surface area (Å²) in [5.74, 6) is 0.351. The quantitative estimate of drug-likeness (QED) is 0.719. The van der Waals surface area contributed by atoms with Gasteiger partial charge in [-0.1, -0.05) is 11.6 Å². The Morgan fingerprint density at radius 2 is 2.04 bits per heavy atom. The first-order chi connectivity index (χ1) is 11.0. The third-order valence-electron chi connectivity index (χ3n) is 3.39. The SMILES string of the molecule is CC(C)n1c(=O)ccc2cnc(Nc3ccc(O)c(Cl)c3)nc21. The van der Waals surface area contributed by atoms with E-state index in [0.717, 1.165) is 5.39 Å². The summed E-state index contributed by atoms with van der Waals surface area (Å²) in [4.78, 5) is 20.7. The number of benzene rings is 1. The van der Waals surface area contributed by atoms with Gasteiger partial charge in [-0.25, -0.2) is 4.98 Å². The number of anilines is 2. The smallest absolute Gasteiger partial charge is 0.252 e. The van der Waals surface area contributed by atoms with Crippen molar-refractivity contribution in [1.82, 2.24) is 14.5 Å². The Balaban J connectivity index is 2.07. The number of phenols is 1. The van der Waals surface area contributed by atoms with Gasteiger partial charge < -0.3 is 10.4 Å². The summed E-state index contributed by atoms with van der Waals surface area (Å²) in [6, 6.07) is 7.92. The molecule has 2 heterocycles. The molecule has 0 aliphatic rings. The maximum atomic E-state index is 12.1. The normalized spacial score (nSPS) is 11.1. The monoisotopic (exact) mass is 330 g/mol. The lowest BCUT2D eigenvalue weighted by Gasteiger charge is -2.13. The zero-order chi connectivity index (χ0) is 16.6. The van der Waals surface area contributed by atoms with E-state index < -0.39 is 0 Å². The second kappa shape index (κ2) is 5.89. The van der Waals surface area contributed by atoms with Gasteiger partial charge in [0.25, 0.3) is 5.56 Å². The number of aromatic nitrogens is 3. The lowest BCUT2D eigenvalue weighted by molar-refractivity contribution is 0.475. The van der Waals surface area contributed by atoms with Crippen molar-refractivity contribution in [1.29, 1.82) is 0 Å². The van der Waals surface area contributed by atoms with Crippen LogP contribution in [0.15, 0.2) is 41.3 Å². The van der Waals surface area contributed by atoms with E-state index in [4.69, 9.17) is 11.6 Å². The summed E-state index contributed by atoms with van der Waals surface area (Å²) in [7, 11) is 0. The highest BCUT2D eigenvalue weighted by atomic mass is 35.5. The summed E-state index contributed by atoms with van der Waals surface area (Å²) in [5, 5.41) is 13.5. The molecule has 6 nitrogen and oxygen atoms in total. The largest absolute Gasteiger partial charge is 0.506 e. The fourth-order valence-electron chi connectivity index (χ4n) is 2.31. The van der Waals surface area contributed by atoms with Crippen molar-refractivity contribution in [3.05, 3.63) is 51.9 Å². The fraction of sp³-hybridized carbons (Fsp3) is 0.188. The van der Waals surface area contributed by atoms with Crippen LogP contribution in [0.4, 0.5) is 11.6 Å². The molecular weight excluding hydrogens is 316 g/mol. The van der Waals surface area contributed by atoms with Crippen LogP contribution in [-0.2, 0) is 0 Å². The molecule has 7 heteroatoms. The van der Waals surface area contributed by atoms with Crippen molar-refractivity contribution >= 4 is 34.3 Å². The Labute approximate surface area is 137 Å². The second-order valence-electron chi connectivity index (χ2n) is 5.40. The number of fused-ring (bicyclic) bond motifs is 1. The summed E-state index contributed by atoms with van der Waals surface area (Å²) in [6.07, 6.45) is 1.66. The van der Waals surface area contributed by atoms with E-state index in [1.165, 1.54) is 12.1 Å². The third kappa shape index (κ3) is 2.98. The molecule has 0 spiro atoms. The van der Waals surface area contributed by atoms with Gasteiger partial charge in [-0.05, 0) is 38.1 Å². The van der Waals surface area contributed by atoms with E-state index in [-0.39, 0.29) is 22.4 Å². The molecule has 0 saturated heterocycles. The first-order valence-electron chi connectivity index (χ1n) is 7.09. The van der Waals surface area contributed by atoms with Crippen LogP contribution >= 0.6 is 11.6 Å². The minimum Gasteiger partial charge on any atom is -0.506 e. The minimum absolute atomic E-state index is 0.00490. The van der Waals surface area contributed by atoms with Crippen molar-refractivity contribution in [3.63, 3.8) is 0 Å². The lowest BCUT2D eigenvalue weighted by Crippen LogP contribution is -2.22. The predicted octanol–water partition coefficient (Wildman–Crippen LogP) is 3.48. The van der Waals surface area contributed by atoms with Gasteiger partial charge in [0.05, 0.1) is 5.02 Å². The van der Waals surface area contributed by atoms with Gasteiger partial charge in [-0.15, -0.1) is 0 Å². The Hall–Kier alpha value is -2.60. The maximum Gasteiger partial charge on any atom is 0.252 e. The molecular formula is C16H15ClN4O2. The highest BCUT2D eigenvalue weighted by Crippen LogP contribution is 2.27. The highest BCUT2D eigenvalue weighted by molar-refractivity contribution is 6.32. The Kier molecular flexibility index (Phi) is 3.92. The number of halogens is 1. The fourth-order valence-corrected chi connectivity index (χ4v) is 2.49. The van der Waals surface area contributed by atoms with Gasteiger partial charge in [0.1, 0.15) is 11.4 Å². The third-order valence-corrected chi connectivity index (χ3v) is 3.69. The van der Waals surface area contributed by atoms with E-state index in [2.05, 4.69) is 15.3 Å². The molecule has 0 unspecified atom stereocenters. The molecule has 0 fully saturated rings. The van der Waals surface area contributed by atoms with Crippen molar-refractivity contribution < 1.29 is 5.11 Å². The number of hydrogen-bond acceptors (Lipinski definition) is 5. The van der Waals surface area contributed by atoms with E-state index in [0.29, 0.717) is 17.3 Å². The zero-order valence-electron chi connectivity index (χ0n) is 12.6. The number of nitrogens with zero attached hydrogens (tertiary/aromatic N) is 3. The van der Waals surface area contributed by atoms with Gasteiger partial charge in [-0.3, -0.25) is 9.36 Å². The van der Waals surface area contributed by atoms with E-state index in [9.17, 15) is 9.90 Å². The van der Waals surface area contributed by atoms with Gasteiger partial charge >= 0.3 is 0 Å². The molecule has 0 bridgehead atoms. The average Bonchev–Trinajstić information content (AvgIpc) is 2.50. The number of phenolic OH excluding ortho intramolecular Hbond substituents is 1.